The molecule has 1 aromatic rings. The van der Waals surface area contributed by atoms with Gasteiger partial charge < -0.3 is 10.2 Å². The highest BCUT2D eigenvalue weighted by Gasteiger charge is 2.31. The van der Waals surface area contributed by atoms with Gasteiger partial charge in [0, 0.05) is 0 Å². The topological polar surface area (TPSA) is 77.2 Å². The Morgan fingerprint density at radius 1 is 1.32 bits per heavy atom. The second kappa shape index (κ2) is 6.93. The quantitative estimate of drug-likeness (QED) is 0.493. The van der Waals surface area contributed by atoms with Gasteiger partial charge in [-0.1, -0.05) is 0 Å². The molecule has 0 saturated heterocycles. The Morgan fingerprint density at radius 2 is 1.89 bits per heavy atom. The summed E-state index contributed by atoms with van der Waals surface area (Å²) in [5.74, 6) is 4.94. The first-order chi connectivity index (χ1) is 8.60. The van der Waals surface area contributed by atoms with E-state index >= 15 is 0 Å². The van der Waals surface area contributed by atoms with Crippen LogP contribution in [0.15, 0.2) is 18.3 Å². The number of anilines is 1. The number of hydrogen-bond acceptors (Lipinski definition) is 5. The number of hydrazine groups is 1. The van der Waals surface area contributed by atoms with Crippen molar-refractivity contribution in [1.29, 1.82) is 0 Å². The van der Waals surface area contributed by atoms with Crippen LogP contribution < -0.4 is 11.3 Å². The van der Waals surface area contributed by atoms with Gasteiger partial charge in [-0.05, 0) is 32.9 Å². The molecule has 0 spiro atoms. The number of pyridine rings is 1. The number of carbonyl (C=O) groups is 1. The van der Waals surface area contributed by atoms with Gasteiger partial charge in [0.25, 0.3) is 6.47 Å². The van der Waals surface area contributed by atoms with Crippen LogP contribution >= 0.6 is 0 Å². The van der Waals surface area contributed by atoms with E-state index in [0.29, 0.717) is 12.2 Å². The maximum atomic E-state index is 11.9. The normalized spacial score (nSPS) is 11.1. The summed E-state index contributed by atoms with van der Waals surface area (Å²) in [6.45, 7) is 5.92. The maximum absolute atomic E-state index is 11.9. The summed E-state index contributed by atoms with van der Waals surface area (Å²) in [4.78, 5) is 12.8. The highest BCUT2D eigenvalue weighted by molar-refractivity contribution is 5.39. The lowest BCUT2D eigenvalue weighted by Crippen LogP contribution is -2.17. The first-order valence-corrected chi connectivity index (χ1v) is 5.21. The van der Waals surface area contributed by atoms with E-state index in [1.807, 2.05) is 20.8 Å². The first-order valence-electron chi connectivity index (χ1n) is 5.21. The minimum absolute atomic E-state index is 0.318. The van der Waals surface area contributed by atoms with Crippen molar-refractivity contribution in [2.24, 2.45) is 5.84 Å². The molecule has 0 fully saturated rings. The number of hydrogen-bond donors (Lipinski definition) is 2. The molecule has 19 heavy (non-hydrogen) atoms. The molecule has 0 aliphatic carbocycles. The number of carbonyl (C=O) groups excluding carboxylic acids is 1. The van der Waals surface area contributed by atoms with E-state index in [0.717, 1.165) is 12.3 Å². The smallest absolute Gasteiger partial charge is 0.433 e. The molecule has 0 amide bonds. The molecule has 0 saturated carbocycles. The van der Waals surface area contributed by atoms with Gasteiger partial charge in [-0.25, -0.2) is 4.98 Å². The van der Waals surface area contributed by atoms with Gasteiger partial charge in [0.15, 0.2) is 0 Å². The number of nitrogen functional groups attached to an aromatic ring is 1. The largest absolute Gasteiger partial charge is 0.462 e. The molecule has 0 atom stereocenters. The van der Waals surface area contributed by atoms with Crippen LogP contribution in [0.4, 0.5) is 18.9 Å². The molecule has 0 aliphatic heterocycles. The summed E-state index contributed by atoms with van der Waals surface area (Å²) < 4.78 is 40.3. The fourth-order valence-corrected chi connectivity index (χ4v) is 0.791. The molecular weight excluding hydrogens is 263 g/mol. The van der Waals surface area contributed by atoms with Crippen LogP contribution in [0, 0.1) is 0 Å². The molecule has 5 nitrogen and oxygen atoms in total. The maximum Gasteiger partial charge on any atom is 0.433 e. The van der Waals surface area contributed by atoms with Crippen molar-refractivity contribution < 1.29 is 22.7 Å². The Morgan fingerprint density at radius 3 is 2.11 bits per heavy atom. The van der Waals surface area contributed by atoms with Crippen LogP contribution in [0.3, 0.4) is 0 Å². The fourth-order valence-electron chi connectivity index (χ4n) is 0.791. The van der Waals surface area contributed by atoms with Gasteiger partial charge in [-0.3, -0.25) is 10.6 Å². The molecule has 0 unspecified atom stereocenters. The zero-order chi connectivity index (χ0) is 15.1. The highest BCUT2D eigenvalue weighted by atomic mass is 19.4. The number of nitrogens with two attached hydrogens (primary N) is 1. The fraction of sp³-hybridized carbons (Fsp3) is 0.455. The second-order valence-corrected chi connectivity index (χ2v) is 4.40. The van der Waals surface area contributed by atoms with E-state index in [1.54, 1.807) is 0 Å². The Hall–Kier alpha value is -1.83. The number of aromatic nitrogens is 1. The average Bonchev–Trinajstić information content (AvgIpc) is 2.27. The Balaban J connectivity index is 0.000000399. The zero-order valence-electron chi connectivity index (χ0n) is 10.8. The van der Waals surface area contributed by atoms with Crippen LogP contribution in [0.25, 0.3) is 0 Å². The lowest BCUT2D eigenvalue weighted by molar-refractivity contribution is -0.141. The van der Waals surface area contributed by atoms with Crippen molar-refractivity contribution in [1.82, 2.24) is 4.98 Å². The van der Waals surface area contributed by atoms with Crippen LogP contribution in [-0.2, 0) is 15.7 Å². The van der Waals surface area contributed by atoms with Crippen molar-refractivity contribution in [3.05, 3.63) is 24.0 Å². The molecule has 3 N–H and O–H groups in total. The van der Waals surface area contributed by atoms with Gasteiger partial charge in [0.2, 0.25) is 0 Å². The lowest BCUT2D eigenvalue weighted by atomic mass is 10.2. The molecule has 1 heterocycles. The number of ether oxygens (including phenoxy) is 1. The van der Waals surface area contributed by atoms with Crippen LogP contribution in [0.2, 0.25) is 0 Å². The predicted octanol–water partition coefficient (Wildman–Crippen LogP) is 2.34. The summed E-state index contributed by atoms with van der Waals surface area (Å²) in [6, 6.07) is 2.06. The molecule has 0 bridgehead atoms. The van der Waals surface area contributed by atoms with Gasteiger partial charge in [0.05, 0.1) is 11.9 Å². The highest BCUT2D eigenvalue weighted by Crippen LogP contribution is 2.27. The van der Waals surface area contributed by atoms with Crippen molar-refractivity contribution in [2.45, 2.75) is 32.5 Å². The summed E-state index contributed by atoms with van der Waals surface area (Å²) in [5, 5.41) is 0. The standard InChI is InChI=1S/C6H6F3N3.C5H10O2/c7-6(8,9)5-2-1-4(12-10)3-11-5;1-5(2,3)7-4-6/h1-3,12H,10H2;4H,1-3H3. The summed E-state index contributed by atoms with van der Waals surface area (Å²) >= 11 is 0. The van der Waals surface area contributed by atoms with E-state index < -0.39 is 11.9 Å². The Bertz CT molecular complexity index is 386. The van der Waals surface area contributed by atoms with E-state index in [9.17, 15) is 18.0 Å². The van der Waals surface area contributed by atoms with Gasteiger partial charge in [-0.15, -0.1) is 0 Å². The molecule has 1 aromatic heterocycles. The number of rotatable bonds is 2. The monoisotopic (exact) mass is 279 g/mol. The minimum atomic E-state index is -4.40. The molecule has 0 aromatic carbocycles. The molecule has 0 radical (unpaired) electrons. The second-order valence-electron chi connectivity index (χ2n) is 4.40. The van der Waals surface area contributed by atoms with Crippen molar-refractivity contribution in [3.8, 4) is 0 Å². The summed E-state index contributed by atoms with van der Waals surface area (Å²) in [7, 11) is 0. The van der Waals surface area contributed by atoms with Gasteiger partial charge >= 0.3 is 6.18 Å². The van der Waals surface area contributed by atoms with Gasteiger partial charge in [0.1, 0.15) is 11.3 Å². The van der Waals surface area contributed by atoms with E-state index in [-0.39, 0.29) is 5.60 Å². The Kier molecular flexibility index (Phi) is 6.26. The third-order valence-corrected chi connectivity index (χ3v) is 1.62. The predicted molar refractivity (Wildman–Crippen MR) is 64.0 cm³/mol. The lowest BCUT2D eigenvalue weighted by Gasteiger charge is -2.14. The third kappa shape index (κ3) is 7.98. The molecule has 8 heteroatoms. The molecule has 0 aliphatic rings. The van der Waals surface area contributed by atoms with E-state index in [1.165, 1.54) is 6.07 Å². The summed E-state index contributed by atoms with van der Waals surface area (Å²) in [6.07, 6.45) is -3.38. The minimum Gasteiger partial charge on any atom is -0.462 e. The van der Waals surface area contributed by atoms with Crippen LogP contribution in [-0.4, -0.2) is 17.1 Å². The zero-order valence-corrected chi connectivity index (χ0v) is 10.8. The number of nitrogens with zero attached hydrogens (tertiary/aromatic N) is 1. The number of halogens is 3. The van der Waals surface area contributed by atoms with E-state index in [2.05, 4.69) is 15.1 Å². The number of alkyl halides is 3. The summed E-state index contributed by atoms with van der Waals surface area (Å²) in [5.41, 5.74) is 1.27. The van der Waals surface area contributed by atoms with Gasteiger partial charge in [-0.2, -0.15) is 13.2 Å². The van der Waals surface area contributed by atoms with Crippen molar-refractivity contribution in [3.63, 3.8) is 0 Å². The average molecular weight is 279 g/mol. The van der Waals surface area contributed by atoms with Crippen LogP contribution in [0.1, 0.15) is 26.5 Å². The number of nitrogens with one attached hydrogen (secondary N) is 1. The van der Waals surface area contributed by atoms with E-state index in [4.69, 9.17) is 5.84 Å². The molecule has 1 rings (SSSR count). The molecule has 108 valence electrons. The third-order valence-electron chi connectivity index (χ3n) is 1.62. The van der Waals surface area contributed by atoms with Crippen molar-refractivity contribution in [2.75, 3.05) is 5.43 Å². The first kappa shape index (κ1) is 17.2. The molecular formula is C11H16F3N3O2. The SMILES string of the molecule is CC(C)(C)OC=O.NNc1ccc(C(F)(F)F)nc1. The Labute approximate surface area is 108 Å². The van der Waals surface area contributed by atoms with Crippen LogP contribution in [0.5, 0.6) is 0 Å². The van der Waals surface area contributed by atoms with Crippen molar-refractivity contribution >= 4 is 12.2 Å².